The second kappa shape index (κ2) is 8.52. The van der Waals surface area contributed by atoms with Crippen molar-refractivity contribution in [2.75, 3.05) is 25.0 Å². The van der Waals surface area contributed by atoms with Gasteiger partial charge in [0.2, 0.25) is 17.7 Å². The van der Waals surface area contributed by atoms with Gasteiger partial charge in [0.25, 0.3) is 0 Å². The Bertz CT molecular complexity index is 794. The molecule has 2 heterocycles. The largest absolute Gasteiger partial charge is 0.342 e. The van der Waals surface area contributed by atoms with Gasteiger partial charge in [0.1, 0.15) is 0 Å². The smallest absolute Gasteiger partial charge is 0.227 e. The van der Waals surface area contributed by atoms with E-state index in [1.54, 1.807) is 28.0 Å². The van der Waals surface area contributed by atoms with Gasteiger partial charge in [-0.2, -0.15) is 0 Å². The van der Waals surface area contributed by atoms with E-state index in [4.69, 9.17) is 23.2 Å². The average Bonchev–Trinajstić information content (AvgIpc) is 3.02. The molecular weight excluding hydrogens is 413 g/mol. The summed E-state index contributed by atoms with van der Waals surface area (Å²) in [5.74, 6) is -0.505. The van der Waals surface area contributed by atoms with E-state index in [2.05, 4.69) is 5.32 Å². The van der Waals surface area contributed by atoms with Gasteiger partial charge < -0.3 is 15.1 Å². The minimum Gasteiger partial charge on any atom is -0.342 e. The van der Waals surface area contributed by atoms with Crippen LogP contribution in [0.25, 0.3) is 0 Å². The Labute approximate surface area is 181 Å². The summed E-state index contributed by atoms with van der Waals surface area (Å²) in [5, 5.41) is 3.78. The van der Waals surface area contributed by atoms with Crippen LogP contribution in [-0.2, 0) is 14.4 Å². The molecule has 8 heteroatoms. The third-order valence-corrected chi connectivity index (χ3v) is 6.03. The number of amides is 3. The summed E-state index contributed by atoms with van der Waals surface area (Å²) in [6, 6.07) is 4.92. The minimum absolute atomic E-state index is 0.0191. The molecule has 0 aliphatic carbocycles. The first-order chi connectivity index (χ1) is 13.5. The number of carbonyl (C=O) groups is 3. The Morgan fingerprint density at radius 1 is 1.03 bits per heavy atom. The molecule has 1 aromatic carbocycles. The highest BCUT2D eigenvalue weighted by Crippen LogP contribution is 2.29. The Kier molecular flexibility index (Phi) is 6.44. The summed E-state index contributed by atoms with van der Waals surface area (Å²) in [7, 11) is 0. The van der Waals surface area contributed by atoms with Crippen molar-refractivity contribution < 1.29 is 14.4 Å². The van der Waals surface area contributed by atoms with Gasteiger partial charge in [-0.1, -0.05) is 23.2 Å². The van der Waals surface area contributed by atoms with E-state index in [1.807, 2.05) is 20.8 Å². The molecule has 29 heavy (non-hydrogen) atoms. The number of piperidine rings is 1. The second-order valence-electron chi connectivity index (χ2n) is 8.82. The summed E-state index contributed by atoms with van der Waals surface area (Å²) in [6.07, 6.45) is 1.46. The van der Waals surface area contributed by atoms with Crippen molar-refractivity contribution in [2.24, 2.45) is 11.8 Å². The Morgan fingerprint density at radius 3 is 2.14 bits per heavy atom. The van der Waals surface area contributed by atoms with Crippen molar-refractivity contribution in [3.63, 3.8) is 0 Å². The number of halogens is 2. The van der Waals surface area contributed by atoms with Crippen LogP contribution >= 0.6 is 23.2 Å². The van der Waals surface area contributed by atoms with Crippen LogP contribution < -0.4 is 5.32 Å². The molecule has 2 fully saturated rings. The SMILES string of the molecule is CC(C)(C)N1CC(C(=O)N2CCC(C(=O)Nc3cc(Cl)cc(Cl)c3)CC2)CC1=O. The summed E-state index contributed by atoms with van der Waals surface area (Å²) in [6.45, 7) is 7.46. The fourth-order valence-corrected chi connectivity index (χ4v) is 4.54. The molecule has 0 radical (unpaired) electrons. The zero-order valence-electron chi connectivity index (χ0n) is 17.0. The first-order valence-electron chi connectivity index (χ1n) is 9.91. The number of benzene rings is 1. The lowest BCUT2D eigenvalue weighted by Gasteiger charge is -2.34. The van der Waals surface area contributed by atoms with Crippen LogP contribution in [0.1, 0.15) is 40.0 Å². The van der Waals surface area contributed by atoms with Crippen LogP contribution in [-0.4, -0.2) is 52.7 Å². The standard InChI is InChI=1S/C21H27Cl2N3O3/c1-21(2,3)26-12-14(8-18(26)27)20(29)25-6-4-13(5-7-25)19(28)24-17-10-15(22)9-16(23)11-17/h9-11,13-14H,4-8,12H2,1-3H3,(H,24,28). The predicted octanol–water partition coefficient (Wildman–Crippen LogP) is 3.82. The Balaban J connectivity index is 1.53. The van der Waals surface area contributed by atoms with E-state index in [1.165, 1.54) is 0 Å². The van der Waals surface area contributed by atoms with E-state index in [-0.39, 0.29) is 41.5 Å². The molecule has 1 N–H and O–H groups in total. The average molecular weight is 440 g/mol. The highest BCUT2D eigenvalue weighted by atomic mass is 35.5. The molecule has 0 saturated carbocycles. The first kappa shape index (κ1) is 21.9. The summed E-state index contributed by atoms with van der Waals surface area (Å²) in [4.78, 5) is 41.3. The summed E-state index contributed by atoms with van der Waals surface area (Å²) < 4.78 is 0. The number of nitrogens with zero attached hydrogens (tertiary/aromatic N) is 2. The van der Waals surface area contributed by atoms with Gasteiger partial charge in [-0.25, -0.2) is 0 Å². The topological polar surface area (TPSA) is 69.7 Å². The summed E-state index contributed by atoms with van der Waals surface area (Å²) in [5.41, 5.74) is 0.290. The van der Waals surface area contributed by atoms with Gasteiger partial charge in [-0.15, -0.1) is 0 Å². The molecule has 1 unspecified atom stereocenters. The maximum atomic E-state index is 12.9. The molecule has 3 rings (SSSR count). The van der Waals surface area contributed by atoms with Crippen LogP contribution in [0.5, 0.6) is 0 Å². The van der Waals surface area contributed by atoms with Crippen molar-refractivity contribution in [2.45, 2.75) is 45.6 Å². The van der Waals surface area contributed by atoms with Gasteiger partial charge >= 0.3 is 0 Å². The van der Waals surface area contributed by atoms with Crippen LogP contribution in [0.4, 0.5) is 5.69 Å². The molecular formula is C21H27Cl2N3O3. The lowest BCUT2D eigenvalue weighted by atomic mass is 9.94. The van der Waals surface area contributed by atoms with E-state index in [9.17, 15) is 14.4 Å². The van der Waals surface area contributed by atoms with Crippen molar-refractivity contribution in [1.29, 1.82) is 0 Å². The highest BCUT2D eigenvalue weighted by molar-refractivity contribution is 6.35. The molecule has 158 valence electrons. The number of rotatable bonds is 3. The quantitative estimate of drug-likeness (QED) is 0.777. The lowest BCUT2D eigenvalue weighted by Crippen LogP contribution is -2.46. The maximum absolute atomic E-state index is 12.9. The number of hydrogen-bond acceptors (Lipinski definition) is 3. The molecule has 1 atom stereocenters. The first-order valence-corrected chi connectivity index (χ1v) is 10.7. The van der Waals surface area contributed by atoms with Crippen molar-refractivity contribution >= 4 is 46.6 Å². The number of carbonyl (C=O) groups excluding carboxylic acids is 3. The molecule has 1 aromatic rings. The number of anilines is 1. The fraction of sp³-hybridized carbons (Fsp3) is 0.571. The zero-order valence-corrected chi connectivity index (χ0v) is 18.5. The summed E-state index contributed by atoms with van der Waals surface area (Å²) >= 11 is 12.0. The molecule has 2 aliphatic rings. The molecule has 3 amide bonds. The molecule has 0 aromatic heterocycles. The van der Waals surface area contributed by atoms with Crippen LogP contribution in [0.15, 0.2) is 18.2 Å². The Morgan fingerprint density at radius 2 is 1.62 bits per heavy atom. The van der Waals surface area contributed by atoms with Crippen molar-refractivity contribution in [3.8, 4) is 0 Å². The lowest BCUT2D eigenvalue weighted by molar-refractivity contribution is -0.138. The van der Waals surface area contributed by atoms with Gasteiger partial charge in [-0.05, 0) is 51.8 Å². The van der Waals surface area contributed by atoms with Crippen LogP contribution in [0.2, 0.25) is 10.0 Å². The van der Waals surface area contributed by atoms with E-state index in [0.29, 0.717) is 48.2 Å². The van der Waals surface area contributed by atoms with Gasteiger partial charge in [0.15, 0.2) is 0 Å². The van der Waals surface area contributed by atoms with E-state index < -0.39 is 0 Å². The number of hydrogen-bond donors (Lipinski definition) is 1. The number of nitrogens with one attached hydrogen (secondary N) is 1. The number of likely N-dealkylation sites (tertiary alicyclic amines) is 2. The fourth-order valence-electron chi connectivity index (χ4n) is 4.01. The third-order valence-electron chi connectivity index (χ3n) is 5.59. The normalized spacial score (nSPS) is 20.9. The third kappa shape index (κ3) is 5.23. The van der Waals surface area contributed by atoms with E-state index in [0.717, 1.165) is 0 Å². The van der Waals surface area contributed by atoms with Gasteiger partial charge in [0, 0.05) is 53.2 Å². The molecule has 2 saturated heterocycles. The predicted molar refractivity (Wildman–Crippen MR) is 114 cm³/mol. The maximum Gasteiger partial charge on any atom is 0.227 e. The Hall–Kier alpha value is -1.79. The molecule has 2 aliphatic heterocycles. The molecule has 6 nitrogen and oxygen atoms in total. The van der Waals surface area contributed by atoms with Crippen molar-refractivity contribution in [1.82, 2.24) is 9.80 Å². The van der Waals surface area contributed by atoms with Crippen molar-refractivity contribution in [3.05, 3.63) is 28.2 Å². The zero-order chi connectivity index (χ0) is 21.3. The minimum atomic E-state index is -0.291. The van der Waals surface area contributed by atoms with Crippen LogP contribution in [0.3, 0.4) is 0 Å². The van der Waals surface area contributed by atoms with E-state index >= 15 is 0 Å². The molecule has 0 bridgehead atoms. The van der Waals surface area contributed by atoms with Crippen LogP contribution in [0, 0.1) is 11.8 Å². The molecule has 0 spiro atoms. The highest BCUT2D eigenvalue weighted by Gasteiger charge is 2.41. The van der Waals surface area contributed by atoms with Gasteiger partial charge in [-0.3, -0.25) is 14.4 Å². The monoisotopic (exact) mass is 439 g/mol. The second-order valence-corrected chi connectivity index (χ2v) is 9.70. The van der Waals surface area contributed by atoms with Gasteiger partial charge in [0.05, 0.1) is 5.92 Å².